The molecule has 0 aliphatic heterocycles. The number of nitrogens with zero attached hydrogens (tertiary/aromatic N) is 2. The second kappa shape index (κ2) is 6.48. The third-order valence-corrected chi connectivity index (χ3v) is 4.40. The summed E-state index contributed by atoms with van der Waals surface area (Å²) < 4.78 is 5.29. The van der Waals surface area contributed by atoms with Gasteiger partial charge >= 0.3 is 5.97 Å². The fraction of sp³-hybridized carbons (Fsp3) is 0.588. The summed E-state index contributed by atoms with van der Waals surface area (Å²) in [6.07, 6.45) is 5.45. The van der Waals surface area contributed by atoms with Crippen LogP contribution in [0, 0.1) is 0 Å². The van der Waals surface area contributed by atoms with Gasteiger partial charge in [-0.15, -0.1) is 0 Å². The zero-order chi connectivity index (χ0) is 17.3. The van der Waals surface area contributed by atoms with Crippen molar-refractivity contribution in [2.45, 2.75) is 58.0 Å². The van der Waals surface area contributed by atoms with Crippen LogP contribution in [-0.4, -0.2) is 29.5 Å². The summed E-state index contributed by atoms with van der Waals surface area (Å²) in [5, 5.41) is 0.228. The van der Waals surface area contributed by atoms with Crippen molar-refractivity contribution in [1.82, 2.24) is 4.98 Å². The minimum absolute atomic E-state index is 0.0306. The Morgan fingerprint density at radius 3 is 2.61 bits per heavy atom. The van der Waals surface area contributed by atoms with Gasteiger partial charge in [-0.3, -0.25) is 9.59 Å². The third-order valence-electron chi connectivity index (χ3n) is 4.12. The highest BCUT2D eigenvalue weighted by Gasteiger charge is 2.37. The molecule has 0 spiro atoms. The Bertz CT molecular complexity index is 606. The number of carbonyl (C=O) groups is 2. The quantitative estimate of drug-likeness (QED) is 0.468. The Hall–Kier alpha value is -1.62. The number of anilines is 1. The number of pyridine rings is 1. The van der Waals surface area contributed by atoms with Crippen molar-refractivity contribution in [3.8, 4) is 0 Å². The van der Waals surface area contributed by atoms with Crippen molar-refractivity contribution in [3.63, 3.8) is 0 Å². The molecular formula is C17H23ClN2O3. The molecule has 1 aromatic rings. The Morgan fingerprint density at radius 1 is 1.48 bits per heavy atom. The van der Waals surface area contributed by atoms with Crippen molar-refractivity contribution in [1.29, 1.82) is 0 Å². The molecule has 126 valence electrons. The van der Waals surface area contributed by atoms with E-state index in [1.54, 1.807) is 27.0 Å². The number of halogens is 1. The monoisotopic (exact) mass is 338 g/mol. The summed E-state index contributed by atoms with van der Waals surface area (Å²) in [6, 6.07) is 1.88. The first-order valence-corrected chi connectivity index (χ1v) is 8.13. The normalized spacial score (nSPS) is 16.4. The molecule has 0 unspecified atom stereocenters. The Kier molecular flexibility index (Phi) is 4.99. The summed E-state index contributed by atoms with van der Waals surface area (Å²) in [5.74, 6) is -0.478. The van der Waals surface area contributed by atoms with Crippen LogP contribution in [0.4, 0.5) is 5.69 Å². The minimum Gasteiger partial charge on any atom is -0.459 e. The number of ether oxygens (including phenoxy) is 1. The molecule has 0 radical (unpaired) electrons. The molecule has 0 atom stereocenters. The number of esters is 1. The minimum atomic E-state index is -0.604. The Balaban J connectivity index is 2.31. The third kappa shape index (κ3) is 4.02. The van der Waals surface area contributed by atoms with Gasteiger partial charge in [-0.1, -0.05) is 24.9 Å². The standard InChI is InChI=1S/C17H23ClN2O3/c1-16(2,3)23-13(22)10-20(11-21)14-12(6-9-19-15(14)18)17(4)7-5-8-17/h6,9,11H,5,7-8,10H2,1-4H3. The van der Waals surface area contributed by atoms with Crippen LogP contribution in [0.3, 0.4) is 0 Å². The van der Waals surface area contributed by atoms with Gasteiger partial charge in [0.05, 0.1) is 5.69 Å². The van der Waals surface area contributed by atoms with Gasteiger partial charge in [0.2, 0.25) is 6.41 Å². The molecule has 0 bridgehead atoms. The summed E-state index contributed by atoms with van der Waals surface area (Å²) in [6.45, 7) is 7.31. The molecule has 1 aliphatic carbocycles. The Labute approximate surface area is 142 Å². The molecule has 0 aromatic carbocycles. The average molecular weight is 339 g/mol. The maximum atomic E-state index is 12.1. The smallest absolute Gasteiger partial charge is 0.326 e. The molecule has 5 nitrogen and oxygen atoms in total. The highest BCUT2D eigenvalue weighted by molar-refractivity contribution is 6.32. The number of aromatic nitrogens is 1. The topological polar surface area (TPSA) is 59.5 Å². The molecule has 1 aliphatic rings. The second-order valence-electron chi connectivity index (χ2n) is 7.23. The first-order valence-electron chi connectivity index (χ1n) is 7.75. The van der Waals surface area contributed by atoms with Gasteiger partial charge in [0.15, 0.2) is 5.15 Å². The molecule has 0 N–H and O–H groups in total. The summed E-state index contributed by atoms with van der Waals surface area (Å²) in [7, 11) is 0. The first-order chi connectivity index (χ1) is 10.7. The largest absolute Gasteiger partial charge is 0.459 e. The van der Waals surface area contributed by atoms with E-state index >= 15 is 0 Å². The molecule has 2 rings (SSSR count). The lowest BCUT2D eigenvalue weighted by molar-refractivity contribution is -0.153. The van der Waals surface area contributed by atoms with Crippen LogP contribution in [0.2, 0.25) is 5.15 Å². The lowest BCUT2D eigenvalue weighted by Crippen LogP contribution is -2.38. The van der Waals surface area contributed by atoms with Gasteiger partial charge < -0.3 is 9.64 Å². The number of carbonyl (C=O) groups excluding carboxylic acids is 2. The van der Waals surface area contributed by atoms with E-state index in [0.717, 1.165) is 24.8 Å². The van der Waals surface area contributed by atoms with Crippen LogP contribution < -0.4 is 4.90 Å². The summed E-state index contributed by atoms with van der Waals surface area (Å²) in [4.78, 5) is 29.0. The molecule has 1 amide bonds. The van der Waals surface area contributed by atoms with Crippen LogP contribution in [0.15, 0.2) is 12.3 Å². The molecule has 6 heteroatoms. The van der Waals surface area contributed by atoms with E-state index in [-0.39, 0.29) is 17.1 Å². The zero-order valence-electron chi connectivity index (χ0n) is 14.1. The van der Waals surface area contributed by atoms with E-state index in [9.17, 15) is 9.59 Å². The summed E-state index contributed by atoms with van der Waals surface area (Å²) in [5.41, 5.74) is 0.834. The lowest BCUT2D eigenvalue weighted by atomic mass is 9.65. The van der Waals surface area contributed by atoms with Crippen molar-refractivity contribution >= 4 is 29.7 Å². The molecule has 1 fully saturated rings. The van der Waals surface area contributed by atoms with Crippen molar-refractivity contribution in [2.24, 2.45) is 0 Å². The van der Waals surface area contributed by atoms with E-state index in [1.165, 1.54) is 4.90 Å². The molecule has 23 heavy (non-hydrogen) atoms. The Morgan fingerprint density at radius 2 is 2.13 bits per heavy atom. The lowest BCUT2D eigenvalue weighted by Gasteiger charge is -2.41. The highest BCUT2D eigenvalue weighted by Crippen LogP contribution is 2.47. The molecule has 1 heterocycles. The van der Waals surface area contributed by atoms with Crippen LogP contribution >= 0.6 is 11.6 Å². The van der Waals surface area contributed by atoms with Crippen molar-refractivity contribution in [3.05, 3.63) is 23.0 Å². The summed E-state index contributed by atoms with van der Waals surface area (Å²) >= 11 is 6.24. The van der Waals surface area contributed by atoms with Gasteiger partial charge in [-0.25, -0.2) is 4.98 Å². The fourth-order valence-electron chi connectivity index (χ4n) is 2.85. The van der Waals surface area contributed by atoms with Gasteiger partial charge in [0, 0.05) is 6.20 Å². The van der Waals surface area contributed by atoms with Crippen molar-refractivity contribution in [2.75, 3.05) is 11.4 Å². The second-order valence-corrected chi connectivity index (χ2v) is 7.59. The maximum Gasteiger partial charge on any atom is 0.326 e. The first kappa shape index (κ1) is 17.7. The number of hydrogen-bond acceptors (Lipinski definition) is 4. The van der Waals surface area contributed by atoms with E-state index < -0.39 is 11.6 Å². The van der Waals surface area contributed by atoms with Gasteiger partial charge in [-0.2, -0.15) is 0 Å². The molecule has 1 saturated carbocycles. The van der Waals surface area contributed by atoms with Crippen LogP contribution in [-0.2, 0) is 19.7 Å². The number of rotatable bonds is 5. The molecule has 1 aromatic heterocycles. The number of hydrogen-bond donors (Lipinski definition) is 0. The maximum absolute atomic E-state index is 12.1. The molecular weight excluding hydrogens is 316 g/mol. The SMILES string of the molecule is CC(C)(C)OC(=O)CN(C=O)c1c(C2(C)CCC2)ccnc1Cl. The van der Waals surface area contributed by atoms with E-state index in [0.29, 0.717) is 12.1 Å². The van der Waals surface area contributed by atoms with Gasteiger partial charge in [0.1, 0.15) is 12.1 Å². The predicted octanol–water partition coefficient (Wildman–Crippen LogP) is 3.48. The fourth-order valence-corrected chi connectivity index (χ4v) is 3.11. The highest BCUT2D eigenvalue weighted by atomic mass is 35.5. The molecule has 0 saturated heterocycles. The van der Waals surface area contributed by atoms with E-state index in [2.05, 4.69) is 11.9 Å². The van der Waals surface area contributed by atoms with Crippen molar-refractivity contribution < 1.29 is 14.3 Å². The number of amides is 1. The van der Waals surface area contributed by atoms with Crippen LogP contribution in [0.5, 0.6) is 0 Å². The van der Waals surface area contributed by atoms with Gasteiger partial charge in [-0.05, 0) is 50.7 Å². The predicted molar refractivity (Wildman–Crippen MR) is 89.7 cm³/mol. The average Bonchev–Trinajstić information content (AvgIpc) is 2.40. The zero-order valence-corrected chi connectivity index (χ0v) is 14.8. The van der Waals surface area contributed by atoms with Crippen LogP contribution in [0.25, 0.3) is 0 Å². The van der Waals surface area contributed by atoms with Gasteiger partial charge in [0.25, 0.3) is 0 Å². The van der Waals surface area contributed by atoms with E-state index in [1.807, 2.05) is 6.07 Å². The van der Waals surface area contributed by atoms with Crippen LogP contribution in [0.1, 0.15) is 52.5 Å². The van der Waals surface area contributed by atoms with E-state index in [4.69, 9.17) is 16.3 Å².